The summed E-state index contributed by atoms with van der Waals surface area (Å²) < 4.78 is 6.42. The van der Waals surface area contributed by atoms with Gasteiger partial charge < -0.3 is 10.1 Å². The number of nitrogens with zero attached hydrogens (tertiary/aromatic N) is 4. The van der Waals surface area contributed by atoms with Crippen LogP contribution in [0.4, 0.5) is 11.4 Å². The molecule has 0 fully saturated rings. The van der Waals surface area contributed by atoms with Gasteiger partial charge in [0.1, 0.15) is 5.69 Å². The van der Waals surface area contributed by atoms with Gasteiger partial charge in [0, 0.05) is 29.7 Å². The Labute approximate surface area is 162 Å². The molecule has 0 bridgehead atoms. The molecular weight excluding hydrogens is 390 g/mol. The molecule has 28 heavy (non-hydrogen) atoms. The molecule has 10 nitrogen and oxygen atoms in total. The summed E-state index contributed by atoms with van der Waals surface area (Å²) in [5.74, 6) is -0.991. The van der Waals surface area contributed by atoms with E-state index in [2.05, 4.69) is 15.4 Å². The molecule has 11 heteroatoms. The lowest BCUT2D eigenvalue weighted by Crippen LogP contribution is -2.21. The molecule has 0 unspecified atom stereocenters. The number of esters is 1. The van der Waals surface area contributed by atoms with Gasteiger partial charge in [0.15, 0.2) is 12.4 Å². The van der Waals surface area contributed by atoms with Crippen molar-refractivity contribution in [3.05, 3.63) is 75.7 Å². The van der Waals surface area contributed by atoms with Crippen LogP contribution < -0.4 is 5.32 Å². The Morgan fingerprint density at radius 2 is 2.11 bits per heavy atom. The first-order valence-corrected chi connectivity index (χ1v) is 8.19. The van der Waals surface area contributed by atoms with Gasteiger partial charge in [-0.05, 0) is 30.3 Å². The molecule has 2 aromatic heterocycles. The molecule has 0 aliphatic rings. The lowest BCUT2D eigenvalue weighted by molar-refractivity contribution is -0.383. The highest BCUT2D eigenvalue weighted by atomic mass is 35.5. The molecule has 0 saturated carbocycles. The third kappa shape index (κ3) is 4.48. The summed E-state index contributed by atoms with van der Waals surface area (Å²) in [6.07, 6.45) is 4.58. The van der Waals surface area contributed by atoms with Crippen LogP contribution in [0.15, 0.2) is 55.0 Å². The number of carbonyl (C=O) groups is 2. The SMILES string of the molecule is O=C(COC(=O)c1ccc(-n2cccn2)nc1)Nc1ccc(Cl)cc1[N+](=O)[O-]. The Kier molecular flexibility index (Phi) is 5.61. The number of benzene rings is 1. The molecule has 0 aliphatic heterocycles. The quantitative estimate of drug-likeness (QED) is 0.381. The highest BCUT2D eigenvalue weighted by molar-refractivity contribution is 6.31. The first-order chi connectivity index (χ1) is 13.4. The van der Waals surface area contributed by atoms with Gasteiger partial charge in [0.2, 0.25) is 0 Å². The third-order valence-electron chi connectivity index (χ3n) is 3.49. The maximum Gasteiger partial charge on any atom is 0.340 e. The summed E-state index contributed by atoms with van der Waals surface area (Å²) in [7, 11) is 0. The van der Waals surface area contributed by atoms with E-state index in [1.54, 1.807) is 24.5 Å². The zero-order valence-electron chi connectivity index (χ0n) is 14.1. The largest absolute Gasteiger partial charge is 0.452 e. The normalized spacial score (nSPS) is 10.3. The molecule has 0 atom stereocenters. The Morgan fingerprint density at radius 3 is 2.75 bits per heavy atom. The Balaban J connectivity index is 1.59. The molecule has 0 aliphatic carbocycles. The number of aromatic nitrogens is 3. The van der Waals surface area contributed by atoms with Crippen molar-refractivity contribution < 1.29 is 19.2 Å². The number of nitro groups is 1. The number of nitrogens with one attached hydrogen (secondary N) is 1. The number of halogens is 1. The van der Waals surface area contributed by atoms with Gasteiger partial charge >= 0.3 is 5.97 Å². The topological polar surface area (TPSA) is 129 Å². The zero-order chi connectivity index (χ0) is 20.1. The first-order valence-electron chi connectivity index (χ1n) is 7.81. The minimum Gasteiger partial charge on any atom is -0.452 e. The number of ether oxygens (including phenoxy) is 1. The van der Waals surface area contributed by atoms with E-state index in [0.29, 0.717) is 5.82 Å². The highest BCUT2D eigenvalue weighted by Gasteiger charge is 2.18. The van der Waals surface area contributed by atoms with E-state index in [1.807, 2.05) is 0 Å². The number of rotatable bonds is 6. The van der Waals surface area contributed by atoms with E-state index in [4.69, 9.17) is 16.3 Å². The Bertz CT molecular complexity index is 1020. The lowest BCUT2D eigenvalue weighted by Gasteiger charge is -2.08. The minimum atomic E-state index is -0.764. The van der Waals surface area contributed by atoms with Crippen molar-refractivity contribution in [2.24, 2.45) is 0 Å². The number of hydrogen-bond acceptors (Lipinski definition) is 7. The van der Waals surface area contributed by atoms with Crippen molar-refractivity contribution in [1.29, 1.82) is 0 Å². The van der Waals surface area contributed by atoms with Crippen molar-refractivity contribution >= 4 is 34.9 Å². The van der Waals surface area contributed by atoms with Crippen molar-refractivity contribution in [2.75, 3.05) is 11.9 Å². The van der Waals surface area contributed by atoms with E-state index in [-0.39, 0.29) is 22.0 Å². The van der Waals surface area contributed by atoms with Gasteiger partial charge in [-0.2, -0.15) is 5.10 Å². The standard InChI is InChI=1S/C17H12ClN5O5/c18-12-3-4-13(14(8-12)23(26)27)21-16(24)10-28-17(25)11-2-5-15(19-9-11)22-7-1-6-20-22/h1-9H,10H2,(H,21,24). The van der Waals surface area contributed by atoms with Crippen molar-refractivity contribution in [3.8, 4) is 5.82 Å². The second-order valence-corrected chi connectivity index (χ2v) is 5.84. The van der Waals surface area contributed by atoms with Crippen molar-refractivity contribution in [2.45, 2.75) is 0 Å². The average Bonchev–Trinajstić information content (AvgIpc) is 3.22. The van der Waals surface area contributed by atoms with Gasteiger partial charge in [-0.25, -0.2) is 14.5 Å². The number of carbonyl (C=O) groups excluding carboxylic acids is 2. The van der Waals surface area contributed by atoms with Crippen LogP contribution in [0.2, 0.25) is 5.02 Å². The predicted molar refractivity (Wildman–Crippen MR) is 98.4 cm³/mol. The fraction of sp³-hybridized carbons (Fsp3) is 0.0588. The molecule has 0 spiro atoms. The summed E-state index contributed by atoms with van der Waals surface area (Å²) in [6.45, 7) is -0.625. The fourth-order valence-corrected chi connectivity index (χ4v) is 2.38. The first kappa shape index (κ1) is 19.0. The van der Waals surface area contributed by atoms with Crippen LogP contribution in [-0.2, 0) is 9.53 Å². The summed E-state index contributed by atoms with van der Waals surface area (Å²) in [5.41, 5.74) is -0.285. The molecule has 3 aromatic rings. The van der Waals surface area contributed by atoms with Crippen LogP contribution in [0.25, 0.3) is 5.82 Å². The van der Waals surface area contributed by atoms with Crippen LogP contribution in [0.5, 0.6) is 0 Å². The van der Waals surface area contributed by atoms with Gasteiger partial charge in [0.25, 0.3) is 11.6 Å². The molecular formula is C17H12ClN5O5. The zero-order valence-corrected chi connectivity index (χ0v) is 14.9. The summed E-state index contributed by atoms with van der Waals surface area (Å²) >= 11 is 5.71. The molecule has 1 N–H and O–H groups in total. The van der Waals surface area contributed by atoms with Gasteiger partial charge in [-0.15, -0.1) is 0 Å². The molecule has 0 radical (unpaired) electrons. The van der Waals surface area contributed by atoms with Crippen LogP contribution >= 0.6 is 11.6 Å². The molecule has 1 aromatic carbocycles. The highest BCUT2D eigenvalue weighted by Crippen LogP contribution is 2.27. The second-order valence-electron chi connectivity index (χ2n) is 5.40. The third-order valence-corrected chi connectivity index (χ3v) is 3.72. The average molecular weight is 402 g/mol. The van der Waals surface area contributed by atoms with Crippen molar-refractivity contribution in [3.63, 3.8) is 0 Å². The smallest absolute Gasteiger partial charge is 0.340 e. The van der Waals surface area contributed by atoms with E-state index < -0.39 is 23.4 Å². The summed E-state index contributed by atoms with van der Waals surface area (Å²) in [6, 6.07) is 8.57. The predicted octanol–water partition coefficient (Wildman–Crippen LogP) is 2.62. The monoisotopic (exact) mass is 401 g/mol. The molecule has 3 rings (SSSR count). The summed E-state index contributed by atoms with van der Waals surface area (Å²) in [4.78, 5) is 38.4. The van der Waals surface area contributed by atoms with E-state index in [9.17, 15) is 19.7 Å². The molecule has 1 amide bonds. The number of amides is 1. The maximum atomic E-state index is 12.0. The van der Waals surface area contributed by atoms with Gasteiger partial charge in [0.05, 0.1) is 10.5 Å². The van der Waals surface area contributed by atoms with Crippen LogP contribution in [-0.4, -0.2) is 38.2 Å². The molecule has 0 saturated heterocycles. The molecule has 142 valence electrons. The number of anilines is 1. The van der Waals surface area contributed by atoms with E-state index in [1.165, 1.54) is 29.1 Å². The Morgan fingerprint density at radius 1 is 1.29 bits per heavy atom. The van der Waals surface area contributed by atoms with Gasteiger partial charge in [-0.1, -0.05) is 11.6 Å². The number of hydrogen-bond donors (Lipinski definition) is 1. The van der Waals surface area contributed by atoms with Crippen LogP contribution in [0, 0.1) is 10.1 Å². The lowest BCUT2D eigenvalue weighted by atomic mass is 10.2. The molecule has 2 heterocycles. The number of pyridine rings is 1. The Hall–Kier alpha value is -3.79. The van der Waals surface area contributed by atoms with E-state index in [0.717, 1.165) is 6.07 Å². The fourth-order valence-electron chi connectivity index (χ4n) is 2.21. The minimum absolute atomic E-state index is 0.0549. The van der Waals surface area contributed by atoms with Crippen molar-refractivity contribution in [1.82, 2.24) is 14.8 Å². The van der Waals surface area contributed by atoms with Crippen LogP contribution in [0.3, 0.4) is 0 Å². The second kappa shape index (κ2) is 8.27. The van der Waals surface area contributed by atoms with Crippen LogP contribution in [0.1, 0.15) is 10.4 Å². The maximum absolute atomic E-state index is 12.0. The summed E-state index contributed by atoms with van der Waals surface area (Å²) in [5, 5.41) is 17.5. The number of nitro benzene ring substituents is 1. The van der Waals surface area contributed by atoms with E-state index >= 15 is 0 Å². The van der Waals surface area contributed by atoms with Gasteiger partial charge in [-0.3, -0.25) is 14.9 Å².